The molecule has 0 aromatic heterocycles. The van der Waals surface area contributed by atoms with Gasteiger partial charge in [-0.15, -0.1) is 0 Å². The Morgan fingerprint density at radius 1 is 1.08 bits per heavy atom. The lowest BCUT2D eigenvalue weighted by Crippen LogP contribution is -2.46. The molecule has 0 fully saturated rings. The minimum Gasteiger partial charge on any atom is -0.478 e. The van der Waals surface area contributed by atoms with Crippen LogP contribution in [0.2, 0.25) is 5.02 Å². The maximum absolute atomic E-state index is 12.3. The summed E-state index contributed by atoms with van der Waals surface area (Å²) in [6.45, 7) is 0.671. The molecule has 2 aromatic rings. The first-order chi connectivity index (χ1) is 11.8. The summed E-state index contributed by atoms with van der Waals surface area (Å²) in [5.74, 6) is 0.282. The third kappa shape index (κ3) is 5.90. The van der Waals surface area contributed by atoms with E-state index in [1.165, 1.54) is 12.1 Å². The van der Waals surface area contributed by atoms with Gasteiger partial charge >= 0.3 is 6.61 Å². The SMILES string of the molecule is CC(C)(Oc1ccc(Cl)cc1)C(=O)NCc1ccc(OC(F)F)cc1. The third-order valence-electron chi connectivity index (χ3n) is 3.34. The summed E-state index contributed by atoms with van der Waals surface area (Å²) >= 11 is 5.82. The fourth-order valence-electron chi connectivity index (χ4n) is 2.03. The first kappa shape index (κ1) is 19.0. The van der Waals surface area contributed by atoms with Crippen molar-refractivity contribution in [1.29, 1.82) is 0 Å². The molecular weight excluding hydrogens is 352 g/mol. The molecule has 0 heterocycles. The molecule has 2 aromatic carbocycles. The average molecular weight is 370 g/mol. The van der Waals surface area contributed by atoms with Crippen molar-refractivity contribution in [3.05, 3.63) is 59.1 Å². The van der Waals surface area contributed by atoms with Crippen LogP contribution in [0.4, 0.5) is 8.78 Å². The Hall–Kier alpha value is -2.34. The van der Waals surface area contributed by atoms with Crippen LogP contribution in [0.5, 0.6) is 11.5 Å². The van der Waals surface area contributed by atoms with Crippen LogP contribution in [0.15, 0.2) is 48.5 Å². The number of nitrogens with one attached hydrogen (secondary N) is 1. The fourth-order valence-corrected chi connectivity index (χ4v) is 2.15. The lowest BCUT2D eigenvalue weighted by atomic mass is 10.1. The molecule has 0 spiro atoms. The van der Waals surface area contributed by atoms with Crippen LogP contribution in [-0.4, -0.2) is 18.1 Å². The number of halogens is 3. The van der Waals surface area contributed by atoms with E-state index in [1.54, 1.807) is 50.2 Å². The molecule has 1 amide bonds. The normalized spacial score (nSPS) is 11.3. The van der Waals surface area contributed by atoms with Crippen molar-refractivity contribution in [2.24, 2.45) is 0 Å². The minimum atomic E-state index is -2.86. The van der Waals surface area contributed by atoms with Gasteiger partial charge in [0.2, 0.25) is 0 Å². The summed E-state index contributed by atoms with van der Waals surface area (Å²) in [7, 11) is 0. The van der Waals surface area contributed by atoms with E-state index >= 15 is 0 Å². The predicted octanol–water partition coefficient (Wildman–Crippen LogP) is 4.42. The zero-order valence-electron chi connectivity index (χ0n) is 13.8. The zero-order chi connectivity index (χ0) is 18.4. The molecule has 0 bridgehead atoms. The van der Waals surface area contributed by atoms with Crippen LogP contribution in [0.3, 0.4) is 0 Å². The molecule has 1 N–H and O–H groups in total. The van der Waals surface area contributed by atoms with Crippen LogP contribution in [0.25, 0.3) is 0 Å². The monoisotopic (exact) mass is 369 g/mol. The second-order valence-corrected chi connectivity index (χ2v) is 6.21. The molecule has 7 heteroatoms. The Balaban J connectivity index is 1.90. The van der Waals surface area contributed by atoms with Gasteiger partial charge in [-0.3, -0.25) is 4.79 Å². The molecule has 0 aliphatic heterocycles. The standard InChI is InChI=1S/C18H18ClF2NO3/c1-18(2,25-15-9-5-13(19)6-10-15)16(23)22-11-12-3-7-14(8-4-12)24-17(20)21/h3-10,17H,11H2,1-2H3,(H,22,23). The first-order valence-corrected chi connectivity index (χ1v) is 7.91. The van der Waals surface area contributed by atoms with Gasteiger partial charge in [0.15, 0.2) is 5.60 Å². The smallest absolute Gasteiger partial charge is 0.387 e. The summed E-state index contributed by atoms with van der Waals surface area (Å²) in [5.41, 5.74) is -0.343. The average Bonchev–Trinajstić information content (AvgIpc) is 2.55. The number of hydrogen-bond acceptors (Lipinski definition) is 3. The number of hydrogen-bond donors (Lipinski definition) is 1. The highest BCUT2D eigenvalue weighted by Crippen LogP contribution is 2.21. The third-order valence-corrected chi connectivity index (χ3v) is 3.59. The highest BCUT2D eigenvalue weighted by Gasteiger charge is 2.29. The Kier molecular flexibility index (Phi) is 6.20. The number of amides is 1. The second kappa shape index (κ2) is 8.16. The number of carbonyl (C=O) groups is 1. The molecule has 0 radical (unpaired) electrons. The van der Waals surface area contributed by atoms with Crippen molar-refractivity contribution >= 4 is 17.5 Å². The van der Waals surface area contributed by atoms with E-state index in [0.717, 1.165) is 5.56 Å². The molecule has 25 heavy (non-hydrogen) atoms. The topological polar surface area (TPSA) is 47.6 Å². The van der Waals surface area contributed by atoms with Crippen molar-refractivity contribution in [3.8, 4) is 11.5 Å². The predicted molar refractivity (Wildman–Crippen MR) is 91.1 cm³/mol. The molecule has 0 atom stereocenters. The van der Waals surface area contributed by atoms with Crippen LogP contribution < -0.4 is 14.8 Å². The van der Waals surface area contributed by atoms with Gasteiger partial charge in [0.1, 0.15) is 11.5 Å². The molecule has 0 aliphatic rings. The van der Waals surface area contributed by atoms with Crippen molar-refractivity contribution in [1.82, 2.24) is 5.32 Å². The largest absolute Gasteiger partial charge is 0.478 e. The van der Waals surface area contributed by atoms with E-state index < -0.39 is 12.2 Å². The molecule has 4 nitrogen and oxygen atoms in total. The molecule has 0 unspecified atom stereocenters. The number of rotatable bonds is 7. The summed E-state index contributed by atoms with van der Waals surface area (Å²) in [6, 6.07) is 12.8. The molecule has 0 saturated heterocycles. The van der Waals surface area contributed by atoms with Gasteiger partial charge in [-0.1, -0.05) is 23.7 Å². The van der Waals surface area contributed by atoms with E-state index in [2.05, 4.69) is 10.1 Å². The molecule has 0 aliphatic carbocycles. The highest BCUT2D eigenvalue weighted by atomic mass is 35.5. The molecular formula is C18H18ClF2NO3. The van der Waals surface area contributed by atoms with E-state index in [-0.39, 0.29) is 18.2 Å². The highest BCUT2D eigenvalue weighted by molar-refractivity contribution is 6.30. The summed E-state index contributed by atoms with van der Waals surface area (Å²) < 4.78 is 34.2. The van der Waals surface area contributed by atoms with Gasteiger partial charge in [0, 0.05) is 11.6 Å². The molecule has 2 rings (SSSR count). The van der Waals surface area contributed by atoms with Gasteiger partial charge < -0.3 is 14.8 Å². The summed E-state index contributed by atoms with van der Waals surface area (Å²) in [5, 5.41) is 3.33. The van der Waals surface area contributed by atoms with Crippen LogP contribution >= 0.6 is 11.6 Å². The van der Waals surface area contributed by atoms with Crippen LogP contribution in [-0.2, 0) is 11.3 Å². The maximum atomic E-state index is 12.3. The summed E-state index contributed by atoms with van der Waals surface area (Å²) in [6.07, 6.45) is 0. The maximum Gasteiger partial charge on any atom is 0.387 e. The number of benzene rings is 2. The first-order valence-electron chi connectivity index (χ1n) is 7.53. The minimum absolute atomic E-state index is 0.0662. The molecule has 0 saturated carbocycles. The molecule has 134 valence electrons. The lowest BCUT2D eigenvalue weighted by Gasteiger charge is -2.25. The van der Waals surface area contributed by atoms with Gasteiger partial charge in [-0.05, 0) is 55.8 Å². The second-order valence-electron chi connectivity index (χ2n) is 5.77. The van der Waals surface area contributed by atoms with E-state index in [0.29, 0.717) is 10.8 Å². The lowest BCUT2D eigenvalue weighted by molar-refractivity contribution is -0.134. The zero-order valence-corrected chi connectivity index (χ0v) is 14.5. The fraction of sp³-hybridized carbons (Fsp3) is 0.278. The van der Waals surface area contributed by atoms with E-state index in [9.17, 15) is 13.6 Å². The van der Waals surface area contributed by atoms with Crippen LogP contribution in [0, 0.1) is 0 Å². The number of ether oxygens (including phenoxy) is 2. The van der Waals surface area contributed by atoms with E-state index in [4.69, 9.17) is 16.3 Å². The Labute approximate surface area is 149 Å². The van der Waals surface area contributed by atoms with Crippen LogP contribution in [0.1, 0.15) is 19.4 Å². The quantitative estimate of drug-likeness (QED) is 0.786. The van der Waals surface area contributed by atoms with Gasteiger partial charge in [-0.2, -0.15) is 8.78 Å². The van der Waals surface area contributed by atoms with Crippen molar-refractivity contribution in [3.63, 3.8) is 0 Å². The van der Waals surface area contributed by atoms with E-state index in [1.807, 2.05) is 0 Å². The number of alkyl halides is 2. The van der Waals surface area contributed by atoms with Crippen molar-refractivity contribution in [2.45, 2.75) is 32.6 Å². The van der Waals surface area contributed by atoms with Gasteiger partial charge in [0.05, 0.1) is 0 Å². The Bertz CT molecular complexity index is 703. The number of carbonyl (C=O) groups excluding carboxylic acids is 1. The van der Waals surface area contributed by atoms with Crippen molar-refractivity contribution < 1.29 is 23.0 Å². The van der Waals surface area contributed by atoms with Gasteiger partial charge in [0.25, 0.3) is 5.91 Å². The Morgan fingerprint density at radius 2 is 1.64 bits per heavy atom. The van der Waals surface area contributed by atoms with Gasteiger partial charge in [-0.25, -0.2) is 0 Å². The van der Waals surface area contributed by atoms with Crippen molar-refractivity contribution in [2.75, 3.05) is 0 Å². The Morgan fingerprint density at radius 3 is 2.20 bits per heavy atom. The summed E-state index contributed by atoms with van der Waals surface area (Å²) in [4.78, 5) is 12.3.